The van der Waals surface area contributed by atoms with Crippen molar-refractivity contribution in [1.29, 1.82) is 0 Å². The molecule has 5 nitrogen and oxygen atoms in total. The highest BCUT2D eigenvalue weighted by Gasteiger charge is 2.29. The molecule has 1 aromatic rings. The van der Waals surface area contributed by atoms with Gasteiger partial charge >= 0.3 is 0 Å². The Hall–Kier alpha value is -0.400. The predicted molar refractivity (Wildman–Crippen MR) is 85.6 cm³/mol. The van der Waals surface area contributed by atoms with Crippen LogP contribution in [0.15, 0.2) is 4.47 Å². The molecule has 1 aromatic heterocycles. The minimum Gasteiger partial charge on any atom is -0.310 e. The van der Waals surface area contributed by atoms with Crippen LogP contribution in [-0.2, 0) is 29.3 Å². The zero-order chi connectivity index (χ0) is 15.6. The van der Waals surface area contributed by atoms with Gasteiger partial charge in [0.25, 0.3) is 0 Å². The highest BCUT2D eigenvalue weighted by Crippen LogP contribution is 2.22. The third-order valence-electron chi connectivity index (χ3n) is 3.54. The molecular formula is C13H24BrN3O2S. The molecule has 0 bridgehead atoms. The van der Waals surface area contributed by atoms with E-state index in [-0.39, 0.29) is 0 Å². The van der Waals surface area contributed by atoms with Crippen molar-refractivity contribution in [2.75, 3.05) is 12.8 Å². The standard InChI is InChI=1S/C13H24BrN3O2S/c1-6-10-12(14)11(17(7-2)16-10)8-15-9-13(3,4)20(5,18)19/h15H,6-9H2,1-5H3. The largest absolute Gasteiger partial charge is 0.310 e. The van der Waals surface area contributed by atoms with E-state index in [2.05, 4.69) is 33.3 Å². The summed E-state index contributed by atoms with van der Waals surface area (Å²) in [5, 5.41) is 7.75. The third-order valence-corrected chi connectivity index (χ3v) is 6.61. The number of rotatable bonds is 7. The molecule has 0 unspecified atom stereocenters. The minimum atomic E-state index is -3.08. The summed E-state index contributed by atoms with van der Waals surface area (Å²) < 4.78 is 25.5. The second-order valence-electron chi connectivity index (χ2n) is 5.51. The maximum atomic E-state index is 11.7. The van der Waals surface area contributed by atoms with E-state index in [1.165, 1.54) is 6.26 Å². The normalized spacial score (nSPS) is 12.9. The summed E-state index contributed by atoms with van der Waals surface area (Å²) in [6.45, 7) is 9.39. The van der Waals surface area contributed by atoms with Gasteiger partial charge in [0, 0.05) is 25.9 Å². The maximum Gasteiger partial charge on any atom is 0.153 e. The van der Waals surface area contributed by atoms with Crippen LogP contribution in [0.5, 0.6) is 0 Å². The lowest BCUT2D eigenvalue weighted by atomic mass is 10.2. The molecule has 1 N–H and O–H groups in total. The molecule has 116 valence electrons. The number of sulfone groups is 1. The highest BCUT2D eigenvalue weighted by molar-refractivity contribution is 9.10. The number of nitrogens with zero attached hydrogens (tertiary/aromatic N) is 2. The molecule has 0 aliphatic rings. The van der Waals surface area contributed by atoms with Gasteiger partial charge in [-0.25, -0.2) is 8.42 Å². The second-order valence-corrected chi connectivity index (χ2v) is 8.95. The molecule has 20 heavy (non-hydrogen) atoms. The van der Waals surface area contributed by atoms with Gasteiger partial charge in [0.15, 0.2) is 9.84 Å². The molecule has 0 atom stereocenters. The monoisotopic (exact) mass is 365 g/mol. The van der Waals surface area contributed by atoms with Crippen molar-refractivity contribution in [2.24, 2.45) is 0 Å². The van der Waals surface area contributed by atoms with Crippen molar-refractivity contribution in [1.82, 2.24) is 15.1 Å². The van der Waals surface area contributed by atoms with Gasteiger partial charge in [0.1, 0.15) is 0 Å². The Kier molecular flexibility index (Phi) is 5.80. The summed E-state index contributed by atoms with van der Waals surface area (Å²) in [6.07, 6.45) is 2.14. The molecular weight excluding hydrogens is 342 g/mol. The van der Waals surface area contributed by atoms with Crippen molar-refractivity contribution in [2.45, 2.75) is 52.0 Å². The lowest BCUT2D eigenvalue weighted by molar-refractivity contribution is 0.509. The molecule has 0 radical (unpaired) electrons. The predicted octanol–water partition coefficient (Wildman–Crippen LogP) is 2.14. The van der Waals surface area contributed by atoms with Crippen LogP contribution in [0.25, 0.3) is 0 Å². The molecule has 0 spiro atoms. The first-order valence-electron chi connectivity index (χ1n) is 6.78. The van der Waals surface area contributed by atoms with Crippen LogP contribution in [0.4, 0.5) is 0 Å². The highest BCUT2D eigenvalue weighted by atomic mass is 79.9. The van der Waals surface area contributed by atoms with E-state index in [0.29, 0.717) is 13.1 Å². The van der Waals surface area contributed by atoms with Crippen molar-refractivity contribution in [3.05, 3.63) is 15.9 Å². The van der Waals surface area contributed by atoms with Crippen LogP contribution < -0.4 is 5.32 Å². The molecule has 1 heterocycles. The van der Waals surface area contributed by atoms with E-state index in [0.717, 1.165) is 28.8 Å². The zero-order valence-corrected chi connectivity index (χ0v) is 15.2. The molecule has 0 saturated carbocycles. The van der Waals surface area contributed by atoms with Gasteiger partial charge in [0.05, 0.1) is 20.6 Å². The average molecular weight is 366 g/mol. The molecule has 0 aliphatic carbocycles. The number of aryl methyl sites for hydroxylation is 2. The fraction of sp³-hybridized carbons (Fsp3) is 0.769. The Morgan fingerprint density at radius 3 is 2.40 bits per heavy atom. The molecule has 0 fully saturated rings. The Morgan fingerprint density at radius 2 is 1.95 bits per heavy atom. The lowest BCUT2D eigenvalue weighted by Crippen LogP contribution is -2.41. The van der Waals surface area contributed by atoms with Crippen LogP contribution in [0.3, 0.4) is 0 Å². The van der Waals surface area contributed by atoms with Crippen LogP contribution in [0.1, 0.15) is 39.1 Å². The van der Waals surface area contributed by atoms with E-state index >= 15 is 0 Å². The van der Waals surface area contributed by atoms with Crippen LogP contribution >= 0.6 is 15.9 Å². The van der Waals surface area contributed by atoms with E-state index < -0.39 is 14.6 Å². The Bertz CT molecular complexity index is 564. The molecule has 0 aromatic carbocycles. The van der Waals surface area contributed by atoms with Gasteiger partial charge in [-0.2, -0.15) is 5.10 Å². The van der Waals surface area contributed by atoms with Crippen molar-refractivity contribution < 1.29 is 8.42 Å². The SMILES string of the molecule is CCc1nn(CC)c(CNCC(C)(C)S(C)(=O)=O)c1Br. The van der Waals surface area contributed by atoms with E-state index in [1.54, 1.807) is 13.8 Å². The minimum absolute atomic E-state index is 0.411. The molecule has 0 saturated heterocycles. The lowest BCUT2D eigenvalue weighted by Gasteiger charge is -2.23. The van der Waals surface area contributed by atoms with Crippen molar-refractivity contribution in [3.8, 4) is 0 Å². The van der Waals surface area contributed by atoms with Crippen LogP contribution in [0, 0.1) is 0 Å². The first kappa shape index (κ1) is 17.7. The van der Waals surface area contributed by atoms with E-state index in [1.807, 2.05) is 11.6 Å². The quantitative estimate of drug-likeness (QED) is 0.803. The maximum absolute atomic E-state index is 11.7. The number of hydrogen-bond acceptors (Lipinski definition) is 4. The van der Waals surface area contributed by atoms with Gasteiger partial charge in [0.2, 0.25) is 0 Å². The van der Waals surface area contributed by atoms with Gasteiger partial charge in [-0.15, -0.1) is 0 Å². The number of halogens is 1. The van der Waals surface area contributed by atoms with E-state index in [4.69, 9.17) is 0 Å². The third kappa shape index (κ3) is 3.83. The Morgan fingerprint density at radius 1 is 1.35 bits per heavy atom. The van der Waals surface area contributed by atoms with Crippen LogP contribution in [-0.4, -0.2) is 35.7 Å². The number of aromatic nitrogens is 2. The topological polar surface area (TPSA) is 64.0 Å². The van der Waals surface area contributed by atoms with Gasteiger partial charge in [-0.1, -0.05) is 6.92 Å². The summed E-state index contributed by atoms with van der Waals surface area (Å²) in [5.41, 5.74) is 2.10. The fourth-order valence-electron chi connectivity index (χ4n) is 1.80. The van der Waals surface area contributed by atoms with Gasteiger partial charge in [-0.05, 0) is 43.1 Å². The molecule has 0 aliphatic heterocycles. The molecule has 1 rings (SSSR count). The molecule has 7 heteroatoms. The van der Waals surface area contributed by atoms with Crippen LogP contribution in [0.2, 0.25) is 0 Å². The van der Waals surface area contributed by atoms with Crippen molar-refractivity contribution >= 4 is 25.8 Å². The van der Waals surface area contributed by atoms with E-state index in [9.17, 15) is 8.42 Å². The molecule has 0 amide bonds. The summed E-state index contributed by atoms with van der Waals surface area (Å²) in [4.78, 5) is 0. The fourth-order valence-corrected chi connectivity index (χ4v) is 2.87. The smallest absolute Gasteiger partial charge is 0.153 e. The van der Waals surface area contributed by atoms with Crippen molar-refractivity contribution in [3.63, 3.8) is 0 Å². The Balaban J connectivity index is 2.79. The zero-order valence-electron chi connectivity index (χ0n) is 12.8. The average Bonchev–Trinajstić information content (AvgIpc) is 2.64. The summed E-state index contributed by atoms with van der Waals surface area (Å²) >= 11 is 3.58. The first-order chi connectivity index (χ1) is 9.14. The van der Waals surface area contributed by atoms with Gasteiger partial charge < -0.3 is 5.32 Å². The summed E-state index contributed by atoms with van der Waals surface area (Å²) in [5.74, 6) is 0. The van der Waals surface area contributed by atoms with Gasteiger partial charge in [-0.3, -0.25) is 4.68 Å². The number of nitrogens with one attached hydrogen (secondary N) is 1. The summed E-state index contributed by atoms with van der Waals surface area (Å²) in [6, 6.07) is 0. The second kappa shape index (κ2) is 6.58. The Labute approximate surface area is 130 Å². The number of hydrogen-bond donors (Lipinski definition) is 1. The first-order valence-corrected chi connectivity index (χ1v) is 9.46. The summed E-state index contributed by atoms with van der Waals surface area (Å²) in [7, 11) is -3.08.